The molecule has 1 aliphatic carbocycles. The van der Waals surface area contributed by atoms with E-state index < -0.39 is 6.36 Å². The topological polar surface area (TPSA) is 80.3 Å². The summed E-state index contributed by atoms with van der Waals surface area (Å²) in [6.07, 6.45) is 3.08. The summed E-state index contributed by atoms with van der Waals surface area (Å²) >= 11 is 0. The van der Waals surface area contributed by atoms with Crippen LogP contribution in [0.5, 0.6) is 5.75 Å². The van der Waals surface area contributed by atoms with Crippen molar-refractivity contribution in [3.8, 4) is 5.75 Å². The van der Waals surface area contributed by atoms with Crippen molar-refractivity contribution in [3.05, 3.63) is 53.5 Å². The molecule has 0 spiro atoms. The number of ether oxygens (including phenoxy) is 2. The number of H-pyrrole nitrogens is 1. The molecule has 0 bridgehead atoms. The molecule has 3 aromatic rings. The third-order valence-corrected chi connectivity index (χ3v) is 7.39. The van der Waals surface area contributed by atoms with Gasteiger partial charge in [0.15, 0.2) is 5.65 Å². The Labute approximate surface area is 219 Å². The zero-order chi connectivity index (χ0) is 25.3. The molecule has 3 heterocycles. The Balaban J connectivity index is 0.00000320. The Morgan fingerprint density at radius 1 is 1.00 bits per heavy atom. The van der Waals surface area contributed by atoms with Gasteiger partial charge in [0.2, 0.25) is 0 Å². The number of nitrogens with one attached hydrogen (secondary N) is 1. The van der Waals surface area contributed by atoms with Gasteiger partial charge in [0.25, 0.3) is 5.91 Å². The fraction of sp³-hybridized carbons (Fsp3) is 0.500. The number of fused-ring (bicyclic) bond motifs is 1. The van der Waals surface area contributed by atoms with Crippen molar-refractivity contribution in [3.63, 3.8) is 0 Å². The van der Waals surface area contributed by atoms with E-state index in [9.17, 15) is 18.0 Å². The molecule has 1 amide bonds. The molecule has 1 saturated heterocycles. The fourth-order valence-corrected chi connectivity index (χ4v) is 5.43. The van der Waals surface area contributed by atoms with Crippen molar-refractivity contribution in [2.75, 3.05) is 20.2 Å². The molecule has 7 nitrogen and oxygen atoms in total. The molecule has 37 heavy (non-hydrogen) atoms. The molecule has 0 atom stereocenters. The zero-order valence-electron chi connectivity index (χ0n) is 20.5. The molecule has 2 aliphatic rings. The number of halogens is 4. The number of carbonyl (C=O) groups excluding carboxylic acids is 1. The summed E-state index contributed by atoms with van der Waals surface area (Å²) in [5.74, 6) is 1.10. The van der Waals surface area contributed by atoms with Crippen molar-refractivity contribution in [2.24, 2.45) is 0 Å². The number of piperidine rings is 1. The van der Waals surface area contributed by atoms with E-state index in [1.54, 1.807) is 18.2 Å². The first-order valence-corrected chi connectivity index (χ1v) is 12.3. The van der Waals surface area contributed by atoms with Crippen LogP contribution >= 0.6 is 12.4 Å². The lowest BCUT2D eigenvalue weighted by molar-refractivity contribution is -0.274. The van der Waals surface area contributed by atoms with Crippen LogP contribution in [-0.2, 0) is 4.74 Å². The van der Waals surface area contributed by atoms with E-state index in [2.05, 4.69) is 14.7 Å². The van der Waals surface area contributed by atoms with E-state index in [-0.39, 0.29) is 30.0 Å². The third kappa shape index (κ3) is 6.18. The number of pyridine rings is 1. The summed E-state index contributed by atoms with van der Waals surface area (Å²) in [6.45, 7) is 1.13. The molecular weight excluding hydrogens is 509 g/mol. The number of likely N-dealkylation sites (tertiary alicyclic amines) is 1. The van der Waals surface area contributed by atoms with Crippen molar-refractivity contribution in [2.45, 2.75) is 62.8 Å². The Morgan fingerprint density at radius 3 is 2.30 bits per heavy atom. The molecule has 1 aliphatic heterocycles. The number of rotatable bonds is 5. The highest BCUT2D eigenvalue weighted by Crippen LogP contribution is 2.36. The van der Waals surface area contributed by atoms with Crippen LogP contribution in [0.4, 0.5) is 13.2 Å². The van der Waals surface area contributed by atoms with Gasteiger partial charge >= 0.3 is 6.36 Å². The monoisotopic (exact) mass is 538 g/mol. The normalized spacial score (nSPS) is 21.0. The standard InChI is InChI=1S/C26H29F3N4O3.ClH/c1-35-19-6-2-17(3-7-19)23-31-22-21(10-13-30-24(22)32-23)16-11-14-33(15-12-16)25(34)18-4-8-20(9-5-18)36-26(27,28)29;/h4-5,8-10,13,16-17,19H,2-3,6-7,11-12,14-15H2,1H3,(H,30,31,32);1H. The lowest BCUT2D eigenvalue weighted by Crippen LogP contribution is -2.38. The second-order valence-corrected chi connectivity index (χ2v) is 9.57. The number of benzene rings is 1. The van der Waals surface area contributed by atoms with Crippen LogP contribution in [-0.4, -0.2) is 58.4 Å². The quantitative estimate of drug-likeness (QED) is 0.433. The zero-order valence-corrected chi connectivity index (χ0v) is 21.3. The molecule has 0 unspecified atom stereocenters. The van der Waals surface area contributed by atoms with E-state index in [1.165, 1.54) is 29.8 Å². The minimum atomic E-state index is -4.76. The van der Waals surface area contributed by atoms with Gasteiger partial charge in [0.05, 0.1) is 11.6 Å². The highest BCUT2D eigenvalue weighted by atomic mass is 35.5. The minimum absolute atomic E-state index is 0. The Bertz CT molecular complexity index is 1200. The minimum Gasteiger partial charge on any atom is -0.406 e. The van der Waals surface area contributed by atoms with Gasteiger partial charge in [-0.25, -0.2) is 9.97 Å². The Kier molecular flexibility index (Phi) is 8.28. The average Bonchev–Trinajstić information content (AvgIpc) is 3.33. The van der Waals surface area contributed by atoms with Crippen LogP contribution in [0.25, 0.3) is 11.2 Å². The summed E-state index contributed by atoms with van der Waals surface area (Å²) in [6, 6.07) is 7.10. The van der Waals surface area contributed by atoms with Gasteiger partial charge in [0, 0.05) is 37.9 Å². The van der Waals surface area contributed by atoms with Gasteiger partial charge in [0.1, 0.15) is 11.6 Å². The van der Waals surface area contributed by atoms with E-state index >= 15 is 0 Å². The second-order valence-electron chi connectivity index (χ2n) is 9.57. The molecule has 2 aromatic heterocycles. The number of hydrogen-bond donors (Lipinski definition) is 1. The number of nitrogens with zero attached hydrogens (tertiary/aromatic N) is 3. The maximum absolute atomic E-state index is 12.9. The maximum atomic E-state index is 12.9. The number of imidazole rings is 1. The van der Waals surface area contributed by atoms with E-state index in [4.69, 9.17) is 9.72 Å². The molecule has 1 saturated carbocycles. The van der Waals surface area contributed by atoms with Crippen molar-refractivity contribution < 1.29 is 27.4 Å². The van der Waals surface area contributed by atoms with Crippen LogP contribution < -0.4 is 4.74 Å². The molecule has 1 aromatic carbocycles. The number of alkyl halides is 3. The van der Waals surface area contributed by atoms with Gasteiger partial charge in [-0.3, -0.25) is 4.79 Å². The van der Waals surface area contributed by atoms with Crippen LogP contribution in [0.2, 0.25) is 0 Å². The Hall–Kier alpha value is -2.85. The first kappa shape index (κ1) is 27.2. The maximum Gasteiger partial charge on any atom is 0.573 e. The average molecular weight is 539 g/mol. The van der Waals surface area contributed by atoms with Gasteiger partial charge in [-0.2, -0.15) is 0 Å². The van der Waals surface area contributed by atoms with Gasteiger partial charge in [-0.15, -0.1) is 25.6 Å². The van der Waals surface area contributed by atoms with Crippen molar-refractivity contribution >= 4 is 29.5 Å². The number of amides is 1. The van der Waals surface area contributed by atoms with E-state index in [0.29, 0.717) is 30.7 Å². The predicted octanol–water partition coefficient (Wildman–Crippen LogP) is 5.97. The summed E-state index contributed by atoms with van der Waals surface area (Å²) in [5, 5.41) is 0. The third-order valence-electron chi connectivity index (χ3n) is 7.39. The Morgan fingerprint density at radius 2 is 1.68 bits per heavy atom. The van der Waals surface area contributed by atoms with Crippen molar-refractivity contribution in [1.82, 2.24) is 19.9 Å². The van der Waals surface area contributed by atoms with Gasteiger partial charge in [-0.1, -0.05) is 0 Å². The molecule has 0 radical (unpaired) electrons. The number of aromatic amines is 1. The number of aromatic nitrogens is 3. The van der Waals surface area contributed by atoms with Crippen LogP contribution in [0.15, 0.2) is 36.5 Å². The predicted molar refractivity (Wildman–Crippen MR) is 134 cm³/mol. The molecule has 5 rings (SSSR count). The van der Waals surface area contributed by atoms with Gasteiger partial charge in [-0.05, 0) is 80.3 Å². The van der Waals surface area contributed by atoms with Gasteiger partial charge < -0.3 is 19.4 Å². The SMILES string of the molecule is COC1CCC(c2nc3nccc(C4CCN(C(=O)c5ccc(OC(F)(F)F)cc5)CC4)c3[nH]2)CC1.Cl. The first-order chi connectivity index (χ1) is 17.3. The number of carbonyl (C=O) groups is 1. The molecular formula is C26H30ClF3N4O3. The molecule has 11 heteroatoms. The molecule has 1 N–H and O–H groups in total. The van der Waals surface area contributed by atoms with E-state index in [0.717, 1.165) is 55.5 Å². The summed E-state index contributed by atoms with van der Waals surface area (Å²) in [7, 11) is 1.77. The number of methoxy groups -OCH3 is 1. The lowest BCUT2D eigenvalue weighted by atomic mass is 9.87. The van der Waals surface area contributed by atoms with Crippen LogP contribution in [0.1, 0.15) is 72.1 Å². The molecule has 200 valence electrons. The lowest BCUT2D eigenvalue weighted by Gasteiger charge is -2.32. The highest BCUT2D eigenvalue weighted by Gasteiger charge is 2.32. The summed E-state index contributed by atoms with van der Waals surface area (Å²) in [4.78, 5) is 27.5. The molecule has 2 fully saturated rings. The highest BCUT2D eigenvalue weighted by molar-refractivity contribution is 5.94. The smallest absolute Gasteiger partial charge is 0.406 e. The second kappa shape index (κ2) is 11.3. The first-order valence-electron chi connectivity index (χ1n) is 12.3. The van der Waals surface area contributed by atoms with E-state index in [1.807, 2.05) is 6.07 Å². The summed E-state index contributed by atoms with van der Waals surface area (Å²) < 4.78 is 46.5. The fourth-order valence-electron chi connectivity index (χ4n) is 5.43. The van der Waals surface area contributed by atoms with Crippen LogP contribution in [0, 0.1) is 0 Å². The summed E-state index contributed by atoms with van der Waals surface area (Å²) in [5.41, 5.74) is 3.23. The van der Waals surface area contributed by atoms with Crippen molar-refractivity contribution in [1.29, 1.82) is 0 Å². The number of hydrogen-bond acceptors (Lipinski definition) is 5. The van der Waals surface area contributed by atoms with Crippen LogP contribution in [0.3, 0.4) is 0 Å². The largest absolute Gasteiger partial charge is 0.573 e.